The zero-order chi connectivity index (χ0) is 32.2. The van der Waals surface area contributed by atoms with E-state index in [-0.39, 0.29) is 36.7 Å². The molecule has 2 fully saturated rings. The summed E-state index contributed by atoms with van der Waals surface area (Å²) in [5.41, 5.74) is 4.85. The Bertz CT molecular complexity index is 1580. The molecule has 5 rings (SSSR count). The third-order valence-electron chi connectivity index (χ3n) is 9.19. The van der Waals surface area contributed by atoms with Gasteiger partial charge in [-0.25, -0.2) is 4.79 Å². The molecule has 0 spiro atoms. The summed E-state index contributed by atoms with van der Waals surface area (Å²) in [5.74, 6) is -11.9. The number of carbonyl (C=O) groups excluding carboxylic acids is 6. The van der Waals surface area contributed by atoms with Crippen molar-refractivity contribution in [3.63, 3.8) is 0 Å². The zero-order valence-electron chi connectivity index (χ0n) is 25.0. The van der Waals surface area contributed by atoms with Crippen molar-refractivity contribution >= 4 is 40.8 Å². The number of aliphatic hydroxyl groups is 1. The van der Waals surface area contributed by atoms with E-state index >= 15 is 0 Å². The highest BCUT2D eigenvalue weighted by molar-refractivity contribution is 6.32. The third kappa shape index (κ3) is 4.89. The highest BCUT2D eigenvalue weighted by Gasteiger charge is 2.69. The van der Waals surface area contributed by atoms with Crippen LogP contribution in [0.5, 0.6) is 5.75 Å². The van der Waals surface area contributed by atoms with Gasteiger partial charge < -0.3 is 20.7 Å². The van der Waals surface area contributed by atoms with Crippen molar-refractivity contribution < 1.29 is 43.7 Å². The summed E-state index contributed by atoms with van der Waals surface area (Å²) >= 11 is 0. The molecule has 0 heterocycles. The number of benzene rings is 2. The minimum Gasteiger partial charge on any atom is -0.507 e. The molecule has 5 N–H and O–H groups in total. The van der Waals surface area contributed by atoms with Gasteiger partial charge in [0.2, 0.25) is 5.91 Å². The largest absolute Gasteiger partial charge is 0.507 e. The SMILES string of the molecule is CC(C)COC(=O)Nc1ccc(-c2ccc(O)c3c2C[C@H]2C[C@H]4[C@H](C(C)C)C(=O)C(C(N)=O)C(=O)[C@@]4(O)C(=O)C2C3=O)cc1. The van der Waals surface area contributed by atoms with Crippen molar-refractivity contribution in [2.45, 2.75) is 46.1 Å². The molecule has 3 aliphatic carbocycles. The quantitative estimate of drug-likeness (QED) is 0.359. The van der Waals surface area contributed by atoms with E-state index in [0.717, 1.165) is 0 Å². The molecule has 11 nitrogen and oxygen atoms in total. The lowest BCUT2D eigenvalue weighted by molar-refractivity contribution is -0.182. The van der Waals surface area contributed by atoms with Gasteiger partial charge in [-0.3, -0.25) is 29.3 Å². The molecule has 0 aromatic heterocycles. The number of hydrogen-bond acceptors (Lipinski definition) is 9. The van der Waals surface area contributed by atoms with Crippen LogP contribution in [0, 0.1) is 41.4 Å². The number of ketones is 4. The van der Waals surface area contributed by atoms with E-state index in [1.54, 1.807) is 44.2 Å². The van der Waals surface area contributed by atoms with Crippen molar-refractivity contribution in [1.29, 1.82) is 0 Å². The Morgan fingerprint density at radius 1 is 1.02 bits per heavy atom. The summed E-state index contributed by atoms with van der Waals surface area (Å²) in [5, 5.41) is 25.2. The number of rotatable bonds is 6. The van der Waals surface area contributed by atoms with Gasteiger partial charge >= 0.3 is 6.09 Å². The molecule has 2 aromatic rings. The number of fused-ring (bicyclic) bond motifs is 3. The molecule has 0 radical (unpaired) electrons. The summed E-state index contributed by atoms with van der Waals surface area (Å²) in [6.07, 6.45) is -0.434. The van der Waals surface area contributed by atoms with Crippen molar-refractivity contribution in [2.75, 3.05) is 11.9 Å². The smallest absolute Gasteiger partial charge is 0.411 e. The molecule has 2 amide bonds. The predicted octanol–water partition coefficient (Wildman–Crippen LogP) is 3.08. The van der Waals surface area contributed by atoms with Gasteiger partial charge in [0.15, 0.2) is 34.7 Å². The molecule has 2 aromatic carbocycles. The predicted molar refractivity (Wildman–Crippen MR) is 157 cm³/mol. The lowest BCUT2D eigenvalue weighted by atomic mass is 9.49. The van der Waals surface area contributed by atoms with Gasteiger partial charge in [0.25, 0.3) is 0 Å². The van der Waals surface area contributed by atoms with Gasteiger partial charge in [0.05, 0.1) is 18.1 Å². The average Bonchev–Trinajstić information content (AvgIpc) is 2.94. The second kappa shape index (κ2) is 11.3. The Kier molecular flexibility index (Phi) is 7.96. The molecule has 44 heavy (non-hydrogen) atoms. The maximum atomic E-state index is 14.0. The molecule has 0 aliphatic heterocycles. The highest BCUT2D eigenvalue weighted by Crippen LogP contribution is 2.53. The van der Waals surface area contributed by atoms with Crippen LogP contribution in [0.2, 0.25) is 0 Å². The van der Waals surface area contributed by atoms with E-state index < -0.39 is 76.2 Å². The molecule has 2 unspecified atom stereocenters. The lowest BCUT2D eigenvalue weighted by Crippen LogP contribution is -2.71. The number of aromatic hydroxyl groups is 1. The fraction of sp³-hybridized carbons (Fsp3) is 0.455. The second-order valence-electron chi connectivity index (χ2n) is 12.8. The number of phenolic OH excluding ortho intramolecular Hbond substituents is 1. The molecular formula is C33H36N2O9. The molecule has 11 heteroatoms. The molecule has 0 saturated heterocycles. The number of anilines is 1. The summed E-state index contributed by atoms with van der Waals surface area (Å²) in [6, 6.07) is 9.82. The first-order valence-electron chi connectivity index (χ1n) is 14.8. The first kappa shape index (κ1) is 31.1. The molecule has 0 bridgehead atoms. The Labute approximate surface area is 254 Å². The van der Waals surface area contributed by atoms with E-state index in [9.17, 15) is 39.0 Å². The number of nitrogens with one attached hydrogen (secondary N) is 1. The van der Waals surface area contributed by atoms with E-state index in [2.05, 4.69) is 5.32 Å². The van der Waals surface area contributed by atoms with Gasteiger partial charge in [0.1, 0.15) is 5.75 Å². The Morgan fingerprint density at radius 2 is 1.68 bits per heavy atom. The summed E-state index contributed by atoms with van der Waals surface area (Å²) < 4.78 is 5.15. The number of nitrogens with two attached hydrogens (primary N) is 1. The van der Waals surface area contributed by atoms with Crippen LogP contribution in [0.3, 0.4) is 0 Å². The second-order valence-corrected chi connectivity index (χ2v) is 12.8. The van der Waals surface area contributed by atoms with Crippen molar-refractivity contribution in [2.24, 2.45) is 47.2 Å². The lowest BCUT2D eigenvalue weighted by Gasteiger charge is -2.52. The number of Topliss-reactive ketones (excluding diaryl/α,β-unsaturated/α-hetero) is 4. The Balaban J connectivity index is 1.51. The van der Waals surface area contributed by atoms with Crippen molar-refractivity contribution in [3.05, 3.63) is 47.5 Å². The van der Waals surface area contributed by atoms with Crippen LogP contribution in [-0.4, -0.2) is 57.6 Å². The summed E-state index contributed by atoms with van der Waals surface area (Å²) in [4.78, 5) is 78.9. The van der Waals surface area contributed by atoms with Crippen LogP contribution >= 0.6 is 0 Å². The van der Waals surface area contributed by atoms with Crippen LogP contribution in [0.1, 0.15) is 50.0 Å². The number of carbonyl (C=O) groups is 6. The fourth-order valence-electron chi connectivity index (χ4n) is 7.25. The zero-order valence-corrected chi connectivity index (χ0v) is 25.0. The van der Waals surface area contributed by atoms with Crippen LogP contribution in [0.25, 0.3) is 11.1 Å². The number of ether oxygens (including phenoxy) is 1. The average molecular weight is 605 g/mol. The summed E-state index contributed by atoms with van der Waals surface area (Å²) in [6.45, 7) is 7.52. The van der Waals surface area contributed by atoms with Gasteiger partial charge in [-0.1, -0.05) is 45.9 Å². The molecular weight excluding hydrogens is 568 g/mol. The van der Waals surface area contributed by atoms with E-state index in [4.69, 9.17) is 10.5 Å². The molecule has 2 saturated carbocycles. The molecule has 6 atom stereocenters. The number of phenols is 1. The van der Waals surface area contributed by atoms with E-state index in [1.807, 2.05) is 13.8 Å². The van der Waals surface area contributed by atoms with Gasteiger partial charge in [0, 0.05) is 17.5 Å². The number of amides is 2. The topological polar surface area (TPSA) is 190 Å². The number of hydrogen-bond donors (Lipinski definition) is 4. The monoisotopic (exact) mass is 604 g/mol. The maximum absolute atomic E-state index is 14.0. The van der Waals surface area contributed by atoms with Crippen LogP contribution < -0.4 is 11.1 Å². The maximum Gasteiger partial charge on any atom is 0.411 e. The van der Waals surface area contributed by atoms with E-state index in [0.29, 0.717) is 22.4 Å². The van der Waals surface area contributed by atoms with Crippen LogP contribution in [-0.2, 0) is 30.3 Å². The minimum atomic E-state index is -2.73. The Hall–Kier alpha value is -4.38. The third-order valence-corrected chi connectivity index (χ3v) is 9.19. The Morgan fingerprint density at radius 3 is 2.27 bits per heavy atom. The van der Waals surface area contributed by atoms with Gasteiger partial charge in [-0.05, 0) is 65.5 Å². The first-order valence-corrected chi connectivity index (χ1v) is 14.8. The number of primary amides is 1. The van der Waals surface area contributed by atoms with Gasteiger partial charge in [-0.2, -0.15) is 0 Å². The molecule has 3 aliphatic rings. The van der Waals surface area contributed by atoms with Gasteiger partial charge in [-0.15, -0.1) is 0 Å². The normalized spacial score (nSPS) is 27.9. The minimum absolute atomic E-state index is 0.000335. The van der Waals surface area contributed by atoms with Crippen LogP contribution in [0.15, 0.2) is 36.4 Å². The summed E-state index contributed by atoms with van der Waals surface area (Å²) in [7, 11) is 0. The standard InChI is InChI=1S/C33H36N2O9/c1-14(2)13-44-32(42)35-18-7-5-16(6-8-18)19-9-10-22(36)25-20(19)11-17-12-21-23(15(3)4)27(37)26(31(34)41)30(40)33(21,43)29(39)24(17)28(25)38/h5-10,14-15,17,21,23-24,26,36,43H,11-13H2,1-4H3,(H2,34,41)(H,35,42)/t17-,21-,23-,24?,26?,33-/m0/s1. The van der Waals surface area contributed by atoms with Crippen molar-refractivity contribution in [1.82, 2.24) is 0 Å². The highest BCUT2D eigenvalue weighted by atomic mass is 16.5. The van der Waals surface area contributed by atoms with E-state index in [1.165, 1.54) is 6.07 Å². The van der Waals surface area contributed by atoms with Crippen LogP contribution in [0.4, 0.5) is 10.5 Å². The molecule has 232 valence electrons. The fourth-order valence-corrected chi connectivity index (χ4v) is 7.25. The first-order chi connectivity index (χ1) is 20.7. The van der Waals surface area contributed by atoms with Crippen molar-refractivity contribution in [3.8, 4) is 16.9 Å².